The summed E-state index contributed by atoms with van der Waals surface area (Å²) in [6.45, 7) is 3.89. The molecule has 0 saturated carbocycles. The Balaban J connectivity index is 1.91. The molecule has 5 heteroatoms. The molecule has 2 aromatic rings. The minimum Gasteiger partial charge on any atom is -0.450 e. The number of rotatable bonds is 7. The molecule has 122 valence electrons. The van der Waals surface area contributed by atoms with Crippen LogP contribution in [0.4, 0.5) is 10.5 Å². The van der Waals surface area contributed by atoms with Crippen LogP contribution in [0.25, 0.3) is 0 Å². The predicted octanol–water partition coefficient (Wildman–Crippen LogP) is 4.41. The maximum Gasteiger partial charge on any atom is 0.410 e. The first-order valence-corrected chi connectivity index (χ1v) is 8.02. The fraction of sp³-hybridized carbons (Fsp3) is 0.278. The summed E-state index contributed by atoms with van der Waals surface area (Å²) in [5, 5.41) is 3.98. The standard InChI is InChI=1S/C18H21ClN2O2/c1-2-23-18(22)21(14-15-6-4-3-5-7-15)13-12-20-17-10-8-16(19)9-11-17/h3-11,20H,2,12-14H2,1H3. The number of anilines is 1. The highest BCUT2D eigenvalue weighted by Gasteiger charge is 2.14. The Bertz CT molecular complexity index is 602. The van der Waals surface area contributed by atoms with Crippen molar-refractivity contribution in [3.05, 3.63) is 65.2 Å². The lowest BCUT2D eigenvalue weighted by Crippen LogP contribution is -2.35. The zero-order chi connectivity index (χ0) is 16.5. The molecule has 23 heavy (non-hydrogen) atoms. The van der Waals surface area contributed by atoms with Crippen LogP contribution in [-0.4, -0.2) is 30.7 Å². The van der Waals surface area contributed by atoms with Gasteiger partial charge in [-0.1, -0.05) is 41.9 Å². The Hall–Kier alpha value is -2.20. The molecule has 0 unspecified atom stereocenters. The zero-order valence-electron chi connectivity index (χ0n) is 13.2. The maximum absolute atomic E-state index is 12.1. The van der Waals surface area contributed by atoms with Gasteiger partial charge in [0.1, 0.15) is 0 Å². The quantitative estimate of drug-likeness (QED) is 0.816. The number of halogens is 1. The first kappa shape index (κ1) is 17.2. The van der Waals surface area contributed by atoms with Gasteiger partial charge in [0.15, 0.2) is 0 Å². The van der Waals surface area contributed by atoms with Gasteiger partial charge in [0.2, 0.25) is 0 Å². The second kappa shape index (κ2) is 9.06. The van der Waals surface area contributed by atoms with E-state index < -0.39 is 0 Å². The molecule has 0 spiro atoms. The molecule has 0 fully saturated rings. The van der Waals surface area contributed by atoms with Gasteiger partial charge in [0.05, 0.1) is 6.61 Å². The summed E-state index contributed by atoms with van der Waals surface area (Å²) in [7, 11) is 0. The van der Waals surface area contributed by atoms with Crippen molar-refractivity contribution in [3.8, 4) is 0 Å². The third-order valence-electron chi connectivity index (χ3n) is 3.30. The van der Waals surface area contributed by atoms with Gasteiger partial charge in [-0.25, -0.2) is 4.79 Å². The van der Waals surface area contributed by atoms with Crippen molar-refractivity contribution < 1.29 is 9.53 Å². The van der Waals surface area contributed by atoms with Crippen molar-refractivity contribution in [2.24, 2.45) is 0 Å². The lowest BCUT2D eigenvalue weighted by atomic mass is 10.2. The van der Waals surface area contributed by atoms with Crippen LogP contribution in [-0.2, 0) is 11.3 Å². The van der Waals surface area contributed by atoms with E-state index in [0.29, 0.717) is 31.3 Å². The average Bonchev–Trinajstić information content (AvgIpc) is 2.57. The van der Waals surface area contributed by atoms with Gasteiger partial charge in [-0.2, -0.15) is 0 Å². The number of nitrogens with one attached hydrogen (secondary N) is 1. The number of carbonyl (C=O) groups excluding carboxylic acids is 1. The fourth-order valence-electron chi connectivity index (χ4n) is 2.16. The second-order valence-corrected chi connectivity index (χ2v) is 5.48. The van der Waals surface area contributed by atoms with Crippen LogP contribution in [0, 0.1) is 0 Å². The number of nitrogens with zero attached hydrogens (tertiary/aromatic N) is 1. The Morgan fingerprint density at radius 1 is 1.13 bits per heavy atom. The maximum atomic E-state index is 12.1. The van der Waals surface area contributed by atoms with Crippen molar-refractivity contribution in [1.82, 2.24) is 4.90 Å². The van der Waals surface area contributed by atoms with Crippen LogP contribution in [0.2, 0.25) is 5.02 Å². The van der Waals surface area contributed by atoms with Crippen molar-refractivity contribution in [3.63, 3.8) is 0 Å². The van der Waals surface area contributed by atoms with E-state index in [2.05, 4.69) is 5.32 Å². The average molecular weight is 333 g/mol. The summed E-state index contributed by atoms with van der Waals surface area (Å²) < 4.78 is 5.14. The molecule has 2 aromatic carbocycles. The minimum atomic E-state index is -0.297. The lowest BCUT2D eigenvalue weighted by molar-refractivity contribution is 0.106. The van der Waals surface area contributed by atoms with Crippen LogP contribution in [0.15, 0.2) is 54.6 Å². The highest BCUT2D eigenvalue weighted by molar-refractivity contribution is 6.30. The number of benzene rings is 2. The van der Waals surface area contributed by atoms with Crippen LogP contribution >= 0.6 is 11.6 Å². The predicted molar refractivity (Wildman–Crippen MR) is 93.8 cm³/mol. The van der Waals surface area contributed by atoms with Crippen LogP contribution in [0.3, 0.4) is 0 Å². The van der Waals surface area contributed by atoms with Gasteiger partial charge >= 0.3 is 6.09 Å². The van der Waals surface area contributed by atoms with E-state index in [4.69, 9.17) is 16.3 Å². The molecule has 0 radical (unpaired) electrons. The summed E-state index contributed by atoms with van der Waals surface area (Å²) >= 11 is 5.87. The minimum absolute atomic E-state index is 0.297. The zero-order valence-corrected chi connectivity index (χ0v) is 13.9. The molecule has 4 nitrogen and oxygen atoms in total. The molecule has 0 saturated heterocycles. The third-order valence-corrected chi connectivity index (χ3v) is 3.55. The van der Waals surface area contributed by atoms with E-state index in [9.17, 15) is 4.79 Å². The summed E-state index contributed by atoms with van der Waals surface area (Å²) in [5.74, 6) is 0. The lowest BCUT2D eigenvalue weighted by Gasteiger charge is -2.22. The summed E-state index contributed by atoms with van der Waals surface area (Å²) in [5.41, 5.74) is 2.05. The molecular formula is C18H21ClN2O2. The molecule has 0 atom stereocenters. The first-order valence-electron chi connectivity index (χ1n) is 7.64. The molecule has 2 rings (SSSR count). The summed E-state index contributed by atoms with van der Waals surface area (Å²) in [4.78, 5) is 13.8. The Morgan fingerprint density at radius 2 is 1.83 bits per heavy atom. The SMILES string of the molecule is CCOC(=O)N(CCNc1ccc(Cl)cc1)Cc1ccccc1. The molecule has 0 aliphatic carbocycles. The molecule has 0 aromatic heterocycles. The number of ether oxygens (including phenoxy) is 1. The molecule has 0 aliphatic heterocycles. The molecular weight excluding hydrogens is 312 g/mol. The van der Waals surface area contributed by atoms with E-state index in [1.165, 1.54) is 0 Å². The second-order valence-electron chi connectivity index (χ2n) is 5.04. The number of hydrogen-bond donors (Lipinski definition) is 1. The number of amides is 1. The highest BCUT2D eigenvalue weighted by Crippen LogP contribution is 2.13. The number of carbonyl (C=O) groups is 1. The summed E-state index contributed by atoms with van der Waals surface area (Å²) in [6.07, 6.45) is -0.297. The van der Waals surface area contributed by atoms with Gasteiger partial charge in [0.25, 0.3) is 0 Å². The van der Waals surface area contributed by atoms with Gasteiger partial charge in [-0.05, 0) is 36.8 Å². The smallest absolute Gasteiger partial charge is 0.410 e. The van der Waals surface area contributed by atoms with Crippen molar-refractivity contribution >= 4 is 23.4 Å². The van der Waals surface area contributed by atoms with E-state index >= 15 is 0 Å². The largest absolute Gasteiger partial charge is 0.450 e. The molecule has 1 amide bonds. The monoisotopic (exact) mass is 332 g/mol. The topological polar surface area (TPSA) is 41.6 Å². The third kappa shape index (κ3) is 5.83. The van der Waals surface area contributed by atoms with Crippen LogP contribution in [0.1, 0.15) is 12.5 Å². The molecule has 0 aliphatic rings. The Labute approximate surface area is 142 Å². The summed E-state index contributed by atoms with van der Waals surface area (Å²) in [6, 6.07) is 17.4. The fourth-order valence-corrected chi connectivity index (χ4v) is 2.28. The van der Waals surface area contributed by atoms with E-state index in [0.717, 1.165) is 11.3 Å². The van der Waals surface area contributed by atoms with Gasteiger partial charge < -0.3 is 15.0 Å². The van der Waals surface area contributed by atoms with E-state index in [1.807, 2.05) is 61.5 Å². The van der Waals surface area contributed by atoms with Crippen LogP contribution in [0.5, 0.6) is 0 Å². The number of hydrogen-bond acceptors (Lipinski definition) is 3. The Morgan fingerprint density at radius 3 is 2.48 bits per heavy atom. The van der Waals surface area contributed by atoms with Crippen LogP contribution < -0.4 is 5.32 Å². The normalized spacial score (nSPS) is 10.2. The molecule has 0 bridgehead atoms. The molecule has 0 heterocycles. The van der Waals surface area contributed by atoms with Gasteiger partial charge in [0, 0.05) is 30.3 Å². The Kier molecular flexibility index (Phi) is 6.76. The van der Waals surface area contributed by atoms with Crippen molar-refractivity contribution in [1.29, 1.82) is 0 Å². The highest BCUT2D eigenvalue weighted by atomic mass is 35.5. The van der Waals surface area contributed by atoms with Gasteiger partial charge in [-0.15, -0.1) is 0 Å². The van der Waals surface area contributed by atoms with Gasteiger partial charge in [-0.3, -0.25) is 0 Å². The van der Waals surface area contributed by atoms with E-state index in [-0.39, 0.29) is 6.09 Å². The van der Waals surface area contributed by atoms with Crippen molar-refractivity contribution in [2.75, 3.05) is 25.0 Å². The first-order chi connectivity index (χ1) is 11.2. The van der Waals surface area contributed by atoms with Crippen molar-refractivity contribution in [2.45, 2.75) is 13.5 Å². The van der Waals surface area contributed by atoms with E-state index in [1.54, 1.807) is 4.90 Å². The molecule has 1 N–H and O–H groups in total.